The van der Waals surface area contributed by atoms with E-state index in [1.807, 2.05) is 0 Å². The number of aliphatic hydroxyl groups is 1. The van der Waals surface area contributed by atoms with Crippen molar-refractivity contribution in [3.63, 3.8) is 0 Å². The number of amides is 1. The second-order valence-electron chi connectivity index (χ2n) is 5.68. The van der Waals surface area contributed by atoms with Crippen LogP contribution < -0.4 is 15.4 Å². The second-order valence-corrected chi connectivity index (χ2v) is 6.09. The number of benzene rings is 1. The first-order valence-corrected chi connectivity index (χ1v) is 8.04. The van der Waals surface area contributed by atoms with Crippen LogP contribution in [0.2, 0.25) is 5.02 Å². The Morgan fingerprint density at radius 3 is 2.92 bits per heavy atom. The number of hydrogen-bond acceptors (Lipinski definition) is 7. The zero-order valence-electron chi connectivity index (χ0n) is 13.4. The predicted octanol–water partition coefficient (Wildman–Crippen LogP) is 1.32. The molecule has 2 aromatic rings. The lowest BCUT2D eigenvalue weighted by atomic mass is 10.3. The largest absolute Gasteiger partial charge is 0.472 e. The van der Waals surface area contributed by atoms with E-state index < -0.39 is 17.3 Å². The Morgan fingerprint density at radius 1 is 1.46 bits per heavy atom. The summed E-state index contributed by atoms with van der Waals surface area (Å²) < 4.78 is 23.1. The molecule has 4 N–H and O–H groups in total. The van der Waals surface area contributed by atoms with Crippen LogP contribution in [-0.2, 0) is 4.79 Å². The summed E-state index contributed by atoms with van der Waals surface area (Å²) in [5, 5.41) is 29.9. The van der Waals surface area contributed by atoms with Gasteiger partial charge in [0.25, 0.3) is 11.8 Å². The van der Waals surface area contributed by atoms with E-state index in [4.69, 9.17) is 21.7 Å². The average Bonchev–Trinajstić information content (AvgIpc) is 3.19. The minimum absolute atomic E-state index is 0.00223. The molecule has 9 nitrogen and oxygen atoms in total. The molecule has 0 spiro atoms. The summed E-state index contributed by atoms with van der Waals surface area (Å²) in [6, 6.07) is 3.88. The van der Waals surface area contributed by atoms with E-state index in [9.17, 15) is 14.3 Å². The van der Waals surface area contributed by atoms with E-state index in [-0.39, 0.29) is 35.6 Å². The van der Waals surface area contributed by atoms with Crippen molar-refractivity contribution in [2.75, 3.05) is 18.5 Å². The molecular weight excluding hydrogens is 369 g/mol. The van der Waals surface area contributed by atoms with E-state index in [1.165, 1.54) is 12.1 Å². The molecule has 1 aromatic heterocycles. The average molecular weight is 384 g/mol. The molecule has 1 aliphatic rings. The molecule has 0 saturated heterocycles. The highest BCUT2D eigenvalue weighted by atomic mass is 35.5. The van der Waals surface area contributed by atoms with Gasteiger partial charge in [-0.25, -0.2) is 9.02 Å². The summed E-state index contributed by atoms with van der Waals surface area (Å²) in [4.78, 5) is 11.6. The summed E-state index contributed by atoms with van der Waals surface area (Å²) in [6.07, 6.45) is 0.903. The highest BCUT2D eigenvalue weighted by Crippen LogP contribution is 2.34. The molecule has 1 aliphatic carbocycles. The lowest BCUT2D eigenvalue weighted by Crippen LogP contribution is -2.38. The third kappa shape index (κ3) is 4.09. The molecule has 138 valence electrons. The van der Waals surface area contributed by atoms with Crippen molar-refractivity contribution < 1.29 is 23.7 Å². The minimum Gasteiger partial charge on any atom is -0.472 e. The van der Waals surface area contributed by atoms with Gasteiger partial charge in [-0.15, -0.1) is 0 Å². The Morgan fingerprint density at radius 2 is 2.23 bits per heavy atom. The van der Waals surface area contributed by atoms with Crippen LogP contribution >= 0.6 is 11.6 Å². The standard InChI is InChI=1S/C15H15ClFN5O4/c16-9-7-8(1-2-10(9)17)20-12(18)11-13(22-26-21-11)25-6-5-19-14(23)15(24)3-4-15/h1-2,7,24H,3-6H2,(H2,18,20)(H,19,23). The molecule has 0 unspecified atom stereocenters. The van der Waals surface area contributed by atoms with Gasteiger partial charge in [0, 0.05) is 5.69 Å². The van der Waals surface area contributed by atoms with Crippen molar-refractivity contribution >= 4 is 29.0 Å². The monoisotopic (exact) mass is 383 g/mol. The maximum absolute atomic E-state index is 13.2. The highest BCUT2D eigenvalue weighted by molar-refractivity contribution is 6.31. The third-order valence-corrected chi connectivity index (χ3v) is 3.95. The lowest BCUT2D eigenvalue weighted by Gasteiger charge is -2.10. The number of hydrogen-bond donors (Lipinski definition) is 4. The van der Waals surface area contributed by atoms with Gasteiger partial charge in [0.1, 0.15) is 18.0 Å². The quantitative estimate of drug-likeness (QED) is 0.322. The molecule has 3 rings (SSSR count). The van der Waals surface area contributed by atoms with Crippen LogP contribution in [-0.4, -0.2) is 45.9 Å². The molecule has 0 radical (unpaired) electrons. The van der Waals surface area contributed by atoms with Crippen LogP contribution in [0, 0.1) is 11.2 Å². The Labute approximate surface area is 151 Å². The molecule has 11 heteroatoms. The van der Waals surface area contributed by atoms with Gasteiger partial charge in [-0.2, -0.15) is 0 Å². The molecule has 1 amide bonds. The van der Waals surface area contributed by atoms with Crippen molar-refractivity contribution in [3.05, 3.63) is 34.7 Å². The fourth-order valence-corrected chi connectivity index (χ4v) is 2.21. The smallest absolute Gasteiger partial charge is 0.287 e. The molecule has 0 atom stereocenters. The summed E-state index contributed by atoms with van der Waals surface area (Å²) in [7, 11) is 0. The van der Waals surface area contributed by atoms with Crippen LogP contribution in [0.3, 0.4) is 0 Å². The first-order valence-electron chi connectivity index (χ1n) is 7.66. The lowest BCUT2D eigenvalue weighted by molar-refractivity contribution is -0.131. The summed E-state index contributed by atoms with van der Waals surface area (Å²) >= 11 is 5.69. The summed E-state index contributed by atoms with van der Waals surface area (Å²) in [5.74, 6) is -1.26. The van der Waals surface area contributed by atoms with Gasteiger partial charge in [0.15, 0.2) is 5.84 Å². The number of amidine groups is 1. The van der Waals surface area contributed by atoms with E-state index in [2.05, 4.69) is 25.6 Å². The number of nitrogens with zero attached hydrogens (tertiary/aromatic N) is 2. The van der Waals surface area contributed by atoms with Crippen LogP contribution in [0.15, 0.2) is 22.8 Å². The number of halogens is 2. The topological polar surface area (TPSA) is 133 Å². The van der Waals surface area contributed by atoms with Gasteiger partial charge in [0.05, 0.1) is 11.6 Å². The van der Waals surface area contributed by atoms with E-state index >= 15 is 0 Å². The highest BCUT2D eigenvalue weighted by Gasteiger charge is 2.47. The molecule has 0 aliphatic heterocycles. The van der Waals surface area contributed by atoms with Crippen molar-refractivity contribution in [1.29, 1.82) is 5.41 Å². The first kappa shape index (κ1) is 18.1. The maximum Gasteiger partial charge on any atom is 0.287 e. The van der Waals surface area contributed by atoms with Crippen LogP contribution in [0.25, 0.3) is 0 Å². The number of anilines is 1. The Kier molecular flexibility index (Phi) is 5.05. The van der Waals surface area contributed by atoms with Crippen molar-refractivity contribution in [2.24, 2.45) is 0 Å². The second kappa shape index (κ2) is 7.26. The van der Waals surface area contributed by atoms with E-state index in [1.54, 1.807) is 0 Å². The van der Waals surface area contributed by atoms with Crippen molar-refractivity contribution in [1.82, 2.24) is 15.6 Å². The van der Waals surface area contributed by atoms with Crippen LogP contribution in [0.5, 0.6) is 5.88 Å². The number of nitrogens with one attached hydrogen (secondary N) is 3. The molecule has 0 bridgehead atoms. The molecule has 1 aromatic carbocycles. The first-order chi connectivity index (χ1) is 12.4. The van der Waals surface area contributed by atoms with E-state index in [0.29, 0.717) is 18.5 Å². The molecule has 1 fully saturated rings. The van der Waals surface area contributed by atoms with Gasteiger partial charge in [-0.1, -0.05) is 11.6 Å². The van der Waals surface area contributed by atoms with Crippen LogP contribution in [0.1, 0.15) is 18.5 Å². The number of carbonyl (C=O) groups is 1. The van der Waals surface area contributed by atoms with Gasteiger partial charge in [-0.3, -0.25) is 10.2 Å². The molecule has 26 heavy (non-hydrogen) atoms. The van der Waals surface area contributed by atoms with Gasteiger partial charge in [-0.05, 0) is 41.4 Å². The zero-order chi connectivity index (χ0) is 18.7. The molecule has 1 saturated carbocycles. The number of rotatable bonds is 7. The van der Waals surface area contributed by atoms with Gasteiger partial charge in [0.2, 0.25) is 5.69 Å². The van der Waals surface area contributed by atoms with Crippen molar-refractivity contribution in [3.8, 4) is 5.88 Å². The number of carbonyl (C=O) groups excluding carboxylic acids is 1. The zero-order valence-corrected chi connectivity index (χ0v) is 14.1. The maximum atomic E-state index is 13.2. The normalized spacial score (nSPS) is 14.6. The fraction of sp³-hybridized carbons (Fsp3) is 0.333. The fourth-order valence-electron chi connectivity index (χ4n) is 2.03. The number of ether oxygens (including phenoxy) is 1. The van der Waals surface area contributed by atoms with Crippen molar-refractivity contribution in [2.45, 2.75) is 18.4 Å². The SMILES string of the molecule is N=C(Nc1ccc(F)c(Cl)c1)c1nonc1OCCNC(=O)C1(O)CC1. The Hall–Kier alpha value is -2.72. The Balaban J connectivity index is 1.53. The summed E-state index contributed by atoms with van der Waals surface area (Å²) in [5.41, 5.74) is -0.874. The predicted molar refractivity (Wildman–Crippen MR) is 88.8 cm³/mol. The van der Waals surface area contributed by atoms with Crippen LogP contribution in [0.4, 0.5) is 10.1 Å². The molecular formula is C15H15ClFN5O4. The third-order valence-electron chi connectivity index (χ3n) is 3.66. The van der Waals surface area contributed by atoms with E-state index in [0.717, 1.165) is 6.07 Å². The molecule has 1 heterocycles. The number of aromatic nitrogens is 2. The van der Waals surface area contributed by atoms with Gasteiger partial charge >= 0.3 is 0 Å². The van der Waals surface area contributed by atoms with Gasteiger partial charge < -0.3 is 20.5 Å². The summed E-state index contributed by atoms with van der Waals surface area (Å²) in [6.45, 7) is 0.181. The minimum atomic E-state index is -1.25. The Bertz CT molecular complexity index is 839.